The molecule has 3 N–H and O–H groups in total. The van der Waals surface area contributed by atoms with Crippen molar-refractivity contribution in [2.45, 2.75) is 5.75 Å². The first-order valence-corrected chi connectivity index (χ1v) is 5.91. The number of thioether (sulfide) groups is 1. The summed E-state index contributed by atoms with van der Waals surface area (Å²) in [6.07, 6.45) is 1.85. The number of carbonyl (C=O) groups is 1. The van der Waals surface area contributed by atoms with E-state index in [9.17, 15) is 9.90 Å². The number of aromatic nitrogens is 1. The van der Waals surface area contributed by atoms with Gasteiger partial charge in [0, 0.05) is 28.9 Å². The molecule has 0 saturated carbocycles. The second kappa shape index (κ2) is 4.49. The molecule has 0 bridgehead atoms. The SMILES string of the molecule is O=C(O)CSCc1c[nH]c2cc(O)ccc12. The zero-order valence-electron chi connectivity index (χ0n) is 8.43. The molecule has 16 heavy (non-hydrogen) atoms. The van der Waals surface area contributed by atoms with Crippen LogP contribution in [0.1, 0.15) is 5.56 Å². The molecule has 1 heterocycles. The Balaban J connectivity index is 2.15. The first-order valence-electron chi connectivity index (χ1n) is 4.75. The van der Waals surface area contributed by atoms with Gasteiger partial charge in [0.2, 0.25) is 0 Å². The van der Waals surface area contributed by atoms with E-state index in [1.807, 2.05) is 12.3 Å². The summed E-state index contributed by atoms with van der Waals surface area (Å²) in [6.45, 7) is 0. The number of rotatable bonds is 4. The highest BCUT2D eigenvalue weighted by Crippen LogP contribution is 2.25. The summed E-state index contributed by atoms with van der Waals surface area (Å²) in [5.74, 6) is 0.170. The van der Waals surface area contributed by atoms with Crippen LogP contribution in [0.4, 0.5) is 0 Å². The molecule has 0 fully saturated rings. The Morgan fingerprint density at radius 2 is 2.25 bits per heavy atom. The number of hydrogen-bond acceptors (Lipinski definition) is 3. The average molecular weight is 237 g/mol. The molecule has 0 saturated heterocycles. The second-order valence-corrected chi connectivity index (χ2v) is 4.42. The Morgan fingerprint density at radius 3 is 3.00 bits per heavy atom. The highest BCUT2D eigenvalue weighted by Gasteiger charge is 2.05. The van der Waals surface area contributed by atoms with Gasteiger partial charge in [-0.05, 0) is 17.7 Å². The fraction of sp³-hybridized carbons (Fsp3) is 0.182. The van der Waals surface area contributed by atoms with Crippen molar-refractivity contribution in [2.24, 2.45) is 0 Å². The molecule has 2 rings (SSSR count). The van der Waals surface area contributed by atoms with Gasteiger partial charge < -0.3 is 15.2 Å². The van der Waals surface area contributed by atoms with Crippen molar-refractivity contribution in [1.82, 2.24) is 4.98 Å². The van der Waals surface area contributed by atoms with E-state index in [4.69, 9.17) is 5.11 Å². The third-order valence-electron chi connectivity index (χ3n) is 2.23. The number of carboxylic acid groups (broad SMARTS) is 1. The fourth-order valence-electron chi connectivity index (χ4n) is 1.54. The van der Waals surface area contributed by atoms with E-state index in [-0.39, 0.29) is 11.5 Å². The number of benzene rings is 1. The van der Waals surface area contributed by atoms with E-state index in [0.717, 1.165) is 16.5 Å². The molecule has 1 aromatic carbocycles. The van der Waals surface area contributed by atoms with Crippen LogP contribution in [0.25, 0.3) is 10.9 Å². The number of hydrogen-bond donors (Lipinski definition) is 3. The van der Waals surface area contributed by atoms with Crippen molar-refractivity contribution >= 4 is 28.6 Å². The summed E-state index contributed by atoms with van der Waals surface area (Å²) in [6, 6.07) is 5.11. The average Bonchev–Trinajstić information content (AvgIpc) is 2.60. The quantitative estimate of drug-likeness (QED) is 0.762. The molecule has 0 radical (unpaired) electrons. The molecule has 0 amide bonds. The number of phenolic OH excluding ortho intramolecular Hbond substituents is 1. The Labute approximate surface area is 96.3 Å². The molecule has 1 aromatic heterocycles. The molecular formula is C11H11NO3S. The highest BCUT2D eigenvalue weighted by atomic mass is 32.2. The number of aromatic amines is 1. The number of aromatic hydroxyl groups is 1. The van der Waals surface area contributed by atoms with Crippen molar-refractivity contribution < 1.29 is 15.0 Å². The molecule has 2 aromatic rings. The number of carboxylic acids is 1. The minimum atomic E-state index is -0.803. The lowest BCUT2D eigenvalue weighted by Crippen LogP contribution is -1.97. The lowest BCUT2D eigenvalue weighted by atomic mass is 10.2. The van der Waals surface area contributed by atoms with Gasteiger partial charge in [0.05, 0.1) is 5.75 Å². The number of fused-ring (bicyclic) bond motifs is 1. The van der Waals surface area contributed by atoms with Crippen LogP contribution in [0.3, 0.4) is 0 Å². The van der Waals surface area contributed by atoms with Crippen molar-refractivity contribution in [3.63, 3.8) is 0 Å². The molecule has 0 aliphatic rings. The van der Waals surface area contributed by atoms with Crippen molar-refractivity contribution in [2.75, 3.05) is 5.75 Å². The Kier molecular flexibility index (Phi) is 3.05. The van der Waals surface area contributed by atoms with Crippen LogP contribution >= 0.6 is 11.8 Å². The summed E-state index contributed by atoms with van der Waals surface area (Å²) in [4.78, 5) is 13.4. The van der Waals surface area contributed by atoms with Gasteiger partial charge >= 0.3 is 5.97 Å². The fourth-order valence-corrected chi connectivity index (χ4v) is 2.28. The molecule has 0 aliphatic carbocycles. The molecule has 0 atom stereocenters. The van der Waals surface area contributed by atoms with E-state index in [0.29, 0.717) is 5.75 Å². The van der Waals surface area contributed by atoms with E-state index < -0.39 is 5.97 Å². The predicted octanol–water partition coefficient (Wildman–Crippen LogP) is 2.19. The molecule has 5 heteroatoms. The van der Waals surface area contributed by atoms with E-state index in [1.54, 1.807) is 12.1 Å². The van der Waals surface area contributed by atoms with Crippen molar-refractivity contribution in [3.8, 4) is 5.75 Å². The largest absolute Gasteiger partial charge is 0.508 e. The lowest BCUT2D eigenvalue weighted by molar-refractivity contribution is -0.133. The molecule has 84 valence electrons. The van der Waals surface area contributed by atoms with E-state index in [2.05, 4.69) is 4.98 Å². The van der Waals surface area contributed by atoms with E-state index in [1.165, 1.54) is 11.8 Å². The number of aliphatic carboxylic acids is 1. The smallest absolute Gasteiger partial charge is 0.313 e. The van der Waals surface area contributed by atoms with Gasteiger partial charge in [-0.3, -0.25) is 4.79 Å². The summed E-state index contributed by atoms with van der Waals surface area (Å²) in [7, 11) is 0. The summed E-state index contributed by atoms with van der Waals surface area (Å²) >= 11 is 1.36. The summed E-state index contributed by atoms with van der Waals surface area (Å²) in [5, 5.41) is 18.8. The van der Waals surface area contributed by atoms with Crippen LogP contribution in [-0.2, 0) is 10.5 Å². The maximum absolute atomic E-state index is 10.4. The molecular weight excluding hydrogens is 226 g/mol. The maximum atomic E-state index is 10.4. The number of H-pyrrole nitrogens is 1. The Bertz CT molecular complexity index is 521. The second-order valence-electron chi connectivity index (χ2n) is 3.43. The van der Waals surface area contributed by atoms with Gasteiger partial charge in [-0.2, -0.15) is 0 Å². The Hall–Kier alpha value is -1.62. The van der Waals surface area contributed by atoms with Gasteiger partial charge in [0.1, 0.15) is 5.75 Å². The summed E-state index contributed by atoms with van der Waals surface area (Å²) < 4.78 is 0. The molecule has 0 unspecified atom stereocenters. The van der Waals surface area contributed by atoms with Crippen LogP contribution in [0.2, 0.25) is 0 Å². The zero-order valence-corrected chi connectivity index (χ0v) is 9.25. The van der Waals surface area contributed by atoms with Gasteiger partial charge in [-0.1, -0.05) is 0 Å². The van der Waals surface area contributed by atoms with Crippen LogP contribution in [0, 0.1) is 0 Å². The van der Waals surface area contributed by atoms with Crippen molar-refractivity contribution in [1.29, 1.82) is 0 Å². The van der Waals surface area contributed by atoms with Crippen LogP contribution in [-0.4, -0.2) is 26.9 Å². The lowest BCUT2D eigenvalue weighted by Gasteiger charge is -1.98. The third-order valence-corrected chi connectivity index (χ3v) is 3.20. The van der Waals surface area contributed by atoms with Gasteiger partial charge in [0.15, 0.2) is 0 Å². The van der Waals surface area contributed by atoms with Crippen LogP contribution in [0.15, 0.2) is 24.4 Å². The normalized spacial score (nSPS) is 10.8. The van der Waals surface area contributed by atoms with Crippen LogP contribution < -0.4 is 0 Å². The maximum Gasteiger partial charge on any atom is 0.313 e. The van der Waals surface area contributed by atoms with Crippen molar-refractivity contribution in [3.05, 3.63) is 30.0 Å². The molecule has 0 spiro atoms. The van der Waals surface area contributed by atoms with Gasteiger partial charge in [-0.15, -0.1) is 11.8 Å². The highest BCUT2D eigenvalue weighted by molar-refractivity contribution is 7.99. The third kappa shape index (κ3) is 2.30. The Morgan fingerprint density at radius 1 is 1.44 bits per heavy atom. The van der Waals surface area contributed by atoms with E-state index >= 15 is 0 Å². The zero-order chi connectivity index (χ0) is 11.5. The number of nitrogens with one attached hydrogen (secondary N) is 1. The van der Waals surface area contributed by atoms with Gasteiger partial charge in [-0.25, -0.2) is 0 Å². The molecule has 4 nitrogen and oxygen atoms in total. The standard InChI is InChI=1S/C11H11NO3S/c13-8-1-2-9-7(4-12-10(9)3-8)5-16-6-11(14)15/h1-4,12-13H,5-6H2,(H,14,15). The minimum Gasteiger partial charge on any atom is -0.508 e. The number of phenols is 1. The monoisotopic (exact) mass is 237 g/mol. The van der Waals surface area contributed by atoms with Gasteiger partial charge in [0.25, 0.3) is 0 Å². The first kappa shape index (κ1) is 10.9. The molecule has 0 aliphatic heterocycles. The topological polar surface area (TPSA) is 73.3 Å². The predicted molar refractivity (Wildman–Crippen MR) is 63.8 cm³/mol. The van der Waals surface area contributed by atoms with Crippen LogP contribution in [0.5, 0.6) is 5.75 Å². The summed E-state index contributed by atoms with van der Waals surface area (Å²) in [5.41, 5.74) is 1.92. The minimum absolute atomic E-state index is 0.102. The first-order chi connectivity index (χ1) is 7.66.